The first-order valence-electron chi connectivity index (χ1n) is 7.22. The highest BCUT2D eigenvalue weighted by Crippen LogP contribution is 2.47. The molecule has 0 aromatic heterocycles. The lowest BCUT2D eigenvalue weighted by Crippen LogP contribution is -2.49. The molecule has 2 aliphatic rings. The zero-order chi connectivity index (χ0) is 12.7. The van der Waals surface area contributed by atoms with Gasteiger partial charge >= 0.3 is 0 Å². The van der Waals surface area contributed by atoms with Crippen LogP contribution < -0.4 is 5.32 Å². The molecule has 1 aliphatic heterocycles. The van der Waals surface area contributed by atoms with E-state index in [2.05, 4.69) is 45.0 Å². The topological polar surface area (TPSA) is 15.3 Å². The summed E-state index contributed by atoms with van der Waals surface area (Å²) < 4.78 is 0. The van der Waals surface area contributed by atoms with Gasteiger partial charge in [0.05, 0.1) is 0 Å². The van der Waals surface area contributed by atoms with Crippen molar-refractivity contribution in [3.05, 3.63) is 0 Å². The Morgan fingerprint density at radius 1 is 1.00 bits per heavy atom. The molecule has 0 radical (unpaired) electrons. The largest absolute Gasteiger partial charge is 0.315 e. The second kappa shape index (κ2) is 4.55. The van der Waals surface area contributed by atoms with E-state index in [1.807, 2.05) is 0 Å². The molecule has 100 valence electrons. The van der Waals surface area contributed by atoms with Crippen molar-refractivity contribution in [2.75, 3.05) is 20.1 Å². The molecule has 0 aromatic rings. The Morgan fingerprint density at radius 2 is 1.59 bits per heavy atom. The quantitative estimate of drug-likeness (QED) is 0.796. The van der Waals surface area contributed by atoms with Crippen LogP contribution in [0.25, 0.3) is 0 Å². The molecule has 1 N–H and O–H groups in total. The number of rotatable bonds is 2. The minimum Gasteiger partial charge on any atom is -0.315 e. The van der Waals surface area contributed by atoms with Gasteiger partial charge in [0.15, 0.2) is 0 Å². The van der Waals surface area contributed by atoms with Crippen LogP contribution >= 0.6 is 0 Å². The highest BCUT2D eigenvalue weighted by molar-refractivity contribution is 4.95. The van der Waals surface area contributed by atoms with Gasteiger partial charge in [0, 0.05) is 18.6 Å². The van der Waals surface area contributed by atoms with Crippen molar-refractivity contribution in [2.24, 2.45) is 10.8 Å². The van der Waals surface area contributed by atoms with Crippen LogP contribution in [0.15, 0.2) is 0 Å². The zero-order valence-corrected chi connectivity index (χ0v) is 12.3. The molecule has 2 rings (SSSR count). The summed E-state index contributed by atoms with van der Waals surface area (Å²) in [5.74, 6) is 0. The molecular weight excluding hydrogens is 208 g/mol. The number of nitrogens with one attached hydrogen (secondary N) is 1. The predicted molar refractivity (Wildman–Crippen MR) is 74.2 cm³/mol. The van der Waals surface area contributed by atoms with Gasteiger partial charge in [-0.15, -0.1) is 0 Å². The van der Waals surface area contributed by atoms with Crippen LogP contribution in [0.3, 0.4) is 0 Å². The molecule has 2 fully saturated rings. The van der Waals surface area contributed by atoms with Crippen LogP contribution in [0.2, 0.25) is 0 Å². The maximum absolute atomic E-state index is 3.49. The van der Waals surface area contributed by atoms with Crippen molar-refractivity contribution in [2.45, 2.75) is 65.5 Å². The summed E-state index contributed by atoms with van der Waals surface area (Å²) >= 11 is 0. The summed E-state index contributed by atoms with van der Waals surface area (Å²) in [4.78, 5) is 2.67. The van der Waals surface area contributed by atoms with Crippen molar-refractivity contribution in [3.8, 4) is 0 Å². The highest BCUT2D eigenvalue weighted by atomic mass is 15.2. The highest BCUT2D eigenvalue weighted by Gasteiger charge is 2.41. The SMILES string of the molecule is CN(C1CCNC1)C1CC(C)(C)CC(C)(C)C1. The second-order valence-corrected chi connectivity index (χ2v) is 7.88. The Bertz CT molecular complexity index is 248. The van der Waals surface area contributed by atoms with E-state index >= 15 is 0 Å². The number of hydrogen-bond acceptors (Lipinski definition) is 2. The van der Waals surface area contributed by atoms with Gasteiger partial charge in [-0.2, -0.15) is 0 Å². The number of likely N-dealkylation sites (N-methyl/N-ethyl adjacent to an activating group) is 1. The Hall–Kier alpha value is -0.0800. The standard InChI is InChI=1S/C15H30N2/c1-14(2)8-13(9-15(3,4)11-14)17(5)12-6-7-16-10-12/h12-13,16H,6-11H2,1-5H3. The van der Waals surface area contributed by atoms with Crippen LogP contribution in [0.5, 0.6) is 0 Å². The molecular formula is C15H30N2. The van der Waals surface area contributed by atoms with Gasteiger partial charge in [-0.05, 0) is 50.1 Å². The lowest BCUT2D eigenvalue weighted by atomic mass is 9.63. The molecule has 0 spiro atoms. The van der Waals surface area contributed by atoms with Gasteiger partial charge in [0.2, 0.25) is 0 Å². The molecule has 1 aliphatic carbocycles. The Labute approximate surface area is 107 Å². The van der Waals surface area contributed by atoms with E-state index in [9.17, 15) is 0 Å². The van der Waals surface area contributed by atoms with Crippen LogP contribution in [0.4, 0.5) is 0 Å². The second-order valence-electron chi connectivity index (χ2n) is 7.88. The fraction of sp³-hybridized carbons (Fsp3) is 1.00. The van der Waals surface area contributed by atoms with Crippen molar-refractivity contribution >= 4 is 0 Å². The van der Waals surface area contributed by atoms with E-state index in [0.29, 0.717) is 10.8 Å². The molecule has 17 heavy (non-hydrogen) atoms. The molecule has 1 atom stereocenters. The summed E-state index contributed by atoms with van der Waals surface area (Å²) in [7, 11) is 2.35. The van der Waals surface area contributed by atoms with E-state index in [-0.39, 0.29) is 0 Å². The summed E-state index contributed by atoms with van der Waals surface area (Å²) in [6, 6.07) is 1.54. The molecule has 1 saturated carbocycles. The molecule has 0 aromatic carbocycles. The van der Waals surface area contributed by atoms with E-state index in [1.165, 1.54) is 38.8 Å². The normalized spacial score (nSPS) is 33.2. The number of hydrogen-bond donors (Lipinski definition) is 1. The van der Waals surface area contributed by atoms with E-state index in [0.717, 1.165) is 12.1 Å². The summed E-state index contributed by atoms with van der Waals surface area (Å²) in [6.45, 7) is 12.2. The average molecular weight is 238 g/mol. The molecule has 1 heterocycles. The lowest BCUT2D eigenvalue weighted by Gasteiger charge is -2.49. The molecule has 2 nitrogen and oxygen atoms in total. The smallest absolute Gasteiger partial charge is 0.0232 e. The third-order valence-corrected chi connectivity index (χ3v) is 4.72. The first-order valence-corrected chi connectivity index (χ1v) is 7.22. The van der Waals surface area contributed by atoms with Gasteiger partial charge < -0.3 is 5.32 Å². The summed E-state index contributed by atoms with van der Waals surface area (Å²) in [6.07, 6.45) is 5.42. The maximum atomic E-state index is 3.49. The Kier molecular flexibility index (Phi) is 3.57. The molecule has 0 amide bonds. The minimum absolute atomic E-state index is 0.507. The number of nitrogens with zero attached hydrogens (tertiary/aromatic N) is 1. The predicted octanol–water partition coefficient (Wildman–Crippen LogP) is 2.89. The Balaban J connectivity index is 2.04. The lowest BCUT2D eigenvalue weighted by molar-refractivity contribution is 0.0211. The first kappa shape index (κ1) is 13.4. The van der Waals surface area contributed by atoms with Gasteiger partial charge in [0.25, 0.3) is 0 Å². The summed E-state index contributed by atoms with van der Waals surface area (Å²) in [5, 5.41) is 3.49. The van der Waals surface area contributed by atoms with Gasteiger partial charge in [-0.3, -0.25) is 4.90 Å². The van der Waals surface area contributed by atoms with Gasteiger partial charge in [-0.25, -0.2) is 0 Å². The van der Waals surface area contributed by atoms with Gasteiger partial charge in [-0.1, -0.05) is 27.7 Å². The molecule has 0 bridgehead atoms. The average Bonchev–Trinajstić information content (AvgIpc) is 2.63. The van der Waals surface area contributed by atoms with Crippen molar-refractivity contribution in [1.82, 2.24) is 10.2 Å². The third kappa shape index (κ3) is 3.23. The zero-order valence-electron chi connectivity index (χ0n) is 12.3. The monoisotopic (exact) mass is 238 g/mol. The molecule has 2 heteroatoms. The first-order chi connectivity index (χ1) is 7.79. The van der Waals surface area contributed by atoms with Crippen molar-refractivity contribution < 1.29 is 0 Å². The van der Waals surface area contributed by atoms with E-state index in [1.54, 1.807) is 0 Å². The fourth-order valence-corrected chi connectivity index (χ4v) is 4.36. The van der Waals surface area contributed by atoms with Crippen LogP contribution in [0.1, 0.15) is 53.4 Å². The fourth-order valence-electron chi connectivity index (χ4n) is 4.36. The van der Waals surface area contributed by atoms with Crippen molar-refractivity contribution in [1.29, 1.82) is 0 Å². The van der Waals surface area contributed by atoms with Crippen LogP contribution in [-0.4, -0.2) is 37.1 Å². The van der Waals surface area contributed by atoms with Crippen molar-refractivity contribution in [3.63, 3.8) is 0 Å². The Morgan fingerprint density at radius 3 is 2.06 bits per heavy atom. The minimum atomic E-state index is 0.507. The van der Waals surface area contributed by atoms with E-state index in [4.69, 9.17) is 0 Å². The van der Waals surface area contributed by atoms with Crippen LogP contribution in [-0.2, 0) is 0 Å². The third-order valence-electron chi connectivity index (χ3n) is 4.72. The molecule has 1 unspecified atom stereocenters. The molecule has 1 saturated heterocycles. The maximum Gasteiger partial charge on any atom is 0.0232 e. The van der Waals surface area contributed by atoms with Crippen LogP contribution in [0, 0.1) is 10.8 Å². The van der Waals surface area contributed by atoms with E-state index < -0.39 is 0 Å². The summed E-state index contributed by atoms with van der Waals surface area (Å²) in [5.41, 5.74) is 1.01. The van der Waals surface area contributed by atoms with Gasteiger partial charge in [0.1, 0.15) is 0 Å².